The highest BCUT2D eigenvalue weighted by molar-refractivity contribution is 5.89. The molecule has 1 aliphatic heterocycles. The minimum absolute atomic E-state index is 0.0201. The van der Waals surface area contributed by atoms with Gasteiger partial charge in [0.1, 0.15) is 5.75 Å². The summed E-state index contributed by atoms with van der Waals surface area (Å²) in [5, 5.41) is 3.06. The highest BCUT2D eigenvalue weighted by atomic mass is 16.5. The summed E-state index contributed by atoms with van der Waals surface area (Å²) < 4.78 is 5.25. The van der Waals surface area contributed by atoms with Crippen LogP contribution in [0.3, 0.4) is 0 Å². The van der Waals surface area contributed by atoms with Crippen LogP contribution in [0, 0.1) is 6.92 Å². The molecule has 0 bridgehead atoms. The number of urea groups is 1. The third-order valence-corrected chi connectivity index (χ3v) is 4.78. The van der Waals surface area contributed by atoms with Gasteiger partial charge in [0.05, 0.1) is 13.2 Å². The van der Waals surface area contributed by atoms with E-state index in [1.54, 1.807) is 7.11 Å². The fourth-order valence-corrected chi connectivity index (χ4v) is 3.44. The molecule has 1 heterocycles. The molecule has 0 saturated carbocycles. The molecule has 25 heavy (non-hydrogen) atoms. The number of methoxy groups -OCH3 is 1. The number of ether oxygens (including phenoxy) is 1. The molecule has 3 rings (SSSR count). The number of benzene rings is 2. The van der Waals surface area contributed by atoms with Crippen molar-refractivity contribution in [1.29, 1.82) is 0 Å². The van der Waals surface area contributed by atoms with Crippen LogP contribution in [0.25, 0.3) is 0 Å². The van der Waals surface area contributed by atoms with Gasteiger partial charge in [-0.05, 0) is 55.2 Å². The highest BCUT2D eigenvalue weighted by Gasteiger charge is 2.26. The first-order valence-corrected chi connectivity index (χ1v) is 8.95. The number of likely N-dealkylation sites (tertiary alicyclic amines) is 1. The van der Waals surface area contributed by atoms with E-state index in [0.717, 1.165) is 42.8 Å². The second kappa shape index (κ2) is 8.06. The van der Waals surface area contributed by atoms with Gasteiger partial charge >= 0.3 is 6.03 Å². The SMILES string of the molecule is COc1ccc([C@H]2CCCCCN2C(=O)Nc2cccc(C)c2)cc1. The average molecular weight is 338 g/mol. The third-order valence-electron chi connectivity index (χ3n) is 4.78. The van der Waals surface area contributed by atoms with Crippen LogP contribution in [0.2, 0.25) is 0 Å². The molecule has 0 aliphatic carbocycles. The lowest BCUT2D eigenvalue weighted by Crippen LogP contribution is -2.38. The lowest BCUT2D eigenvalue weighted by atomic mass is 10.0. The summed E-state index contributed by atoms with van der Waals surface area (Å²) in [7, 11) is 1.67. The van der Waals surface area contributed by atoms with E-state index in [9.17, 15) is 4.79 Å². The second-order valence-electron chi connectivity index (χ2n) is 6.63. The second-order valence-corrected chi connectivity index (χ2v) is 6.63. The third kappa shape index (κ3) is 4.32. The lowest BCUT2D eigenvalue weighted by Gasteiger charge is -2.30. The van der Waals surface area contributed by atoms with E-state index in [-0.39, 0.29) is 12.1 Å². The Kier molecular flexibility index (Phi) is 5.59. The first-order chi connectivity index (χ1) is 12.2. The molecule has 1 saturated heterocycles. The molecule has 1 N–H and O–H groups in total. The van der Waals surface area contributed by atoms with Crippen molar-refractivity contribution in [3.8, 4) is 5.75 Å². The highest BCUT2D eigenvalue weighted by Crippen LogP contribution is 2.31. The number of amides is 2. The zero-order valence-corrected chi connectivity index (χ0v) is 15.0. The zero-order valence-electron chi connectivity index (χ0n) is 15.0. The Morgan fingerprint density at radius 3 is 2.64 bits per heavy atom. The number of hydrogen-bond donors (Lipinski definition) is 1. The van der Waals surface area contributed by atoms with Crippen LogP contribution in [0.5, 0.6) is 5.75 Å². The van der Waals surface area contributed by atoms with Gasteiger partial charge in [-0.3, -0.25) is 0 Å². The normalized spacial score (nSPS) is 17.7. The van der Waals surface area contributed by atoms with Crippen molar-refractivity contribution in [2.24, 2.45) is 0 Å². The molecule has 132 valence electrons. The Labute approximate surface area is 149 Å². The number of aryl methyl sites for hydroxylation is 1. The van der Waals surface area contributed by atoms with E-state index in [4.69, 9.17) is 4.74 Å². The van der Waals surface area contributed by atoms with Gasteiger partial charge in [-0.1, -0.05) is 37.1 Å². The molecule has 2 aromatic carbocycles. The van der Waals surface area contributed by atoms with Crippen LogP contribution in [-0.4, -0.2) is 24.6 Å². The molecule has 2 aromatic rings. The van der Waals surface area contributed by atoms with Gasteiger partial charge < -0.3 is 15.0 Å². The fraction of sp³-hybridized carbons (Fsp3) is 0.381. The molecule has 4 nitrogen and oxygen atoms in total. The van der Waals surface area contributed by atoms with E-state index in [1.807, 2.05) is 48.2 Å². The van der Waals surface area contributed by atoms with Crippen LogP contribution in [0.15, 0.2) is 48.5 Å². The Balaban J connectivity index is 1.80. The largest absolute Gasteiger partial charge is 0.497 e. The number of carbonyl (C=O) groups is 1. The fourth-order valence-electron chi connectivity index (χ4n) is 3.44. The zero-order chi connectivity index (χ0) is 17.6. The van der Waals surface area contributed by atoms with Crippen LogP contribution >= 0.6 is 0 Å². The summed E-state index contributed by atoms with van der Waals surface area (Å²) in [6, 6.07) is 16.1. The van der Waals surface area contributed by atoms with Crippen molar-refractivity contribution in [1.82, 2.24) is 4.90 Å². The van der Waals surface area contributed by atoms with Crippen LogP contribution < -0.4 is 10.1 Å². The van der Waals surface area contributed by atoms with Crippen LogP contribution in [0.4, 0.5) is 10.5 Å². The molecular formula is C21H26N2O2. The van der Waals surface area contributed by atoms with E-state index in [0.29, 0.717) is 0 Å². The minimum atomic E-state index is -0.0201. The molecule has 1 fully saturated rings. The van der Waals surface area contributed by atoms with Crippen LogP contribution in [-0.2, 0) is 0 Å². The monoisotopic (exact) mass is 338 g/mol. The smallest absolute Gasteiger partial charge is 0.322 e. The Morgan fingerprint density at radius 2 is 1.92 bits per heavy atom. The summed E-state index contributed by atoms with van der Waals surface area (Å²) in [5.74, 6) is 0.841. The summed E-state index contributed by atoms with van der Waals surface area (Å²) in [5.41, 5.74) is 3.16. The molecule has 1 aliphatic rings. The Hall–Kier alpha value is -2.49. The molecular weight excluding hydrogens is 312 g/mol. The van der Waals surface area contributed by atoms with Gasteiger partial charge in [-0.25, -0.2) is 4.79 Å². The van der Waals surface area contributed by atoms with Crippen molar-refractivity contribution < 1.29 is 9.53 Å². The quantitative estimate of drug-likeness (QED) is 0.840. The number of nitrogens with one attached hydrogen (secondary N) is 1. The van der Waals surface area contributed by atoms with E-state index in [1.165, 1.54) is 12.0 Å². The molecule has 0 aromatic heterocycles. The number of carbonyl (C=O) groups excluding carboxylic acids is 1. The molecule has 0 spiro atoms. The summed E-state index contributed by atoms with van der Waals surface area (Å²) >= 11 is 0. The Bertz CT molecular complexity index is 712. The van der Waals surface area contributed by atoms with E-state index < -0.39 is 0 Å². The maximum absolute atomic E-state index is 12.9. The summed E-state index contributed by atoms with van der Waals surface area (Å²) in [6.45, 7) is 2.82. The first-order valence-electron chi connectivity index (χ1n) is 8.95. The van der Waals surface area contributed by atoms with Crippen molar-refractivity contribution in [3.05, 3.63) is 59.7 Å². The van der Waals surface area contributed by atoms with E-state index >= 15 is 0 Å². The van der Waals surface area contributed by atoms with E-state index in [2.05, 4.69) is 17.4 Å². The topological polar surface area (TPSA) is 41.6 Å². The first kappa shape index (κ1) is 17.3. The molecule has 0 unspecified atom stereocenters. The molecule has 1 atom stereocenters. The van der Waals surface area contributed by atoms with Crippen molar-refractivity contribution in [3.63, 3.8) is 0 Å². The summed E-state index contributed by atoms with van der Waals surface area (Å²) in [6.07, 6.45) is 4.35. The van der Waals surface area contributed by atoms with Gasteiger partial charge in [0, 0.05) is 12.2 Å². The average Bonchev–Trinajstić information content (AvgIpc) is 2.88. The number of hydrogen-bond acceptors (Lipinski definition) is 2. The standard InChI is InChI=1S/C21H26N2O2/c1-16-7-6-8-18(15-16)22-21(24)23-14-5-3-4-9-20(23)17-10-12-19(25-2)13-11-17/h6-8,10-13,15,20H,3-5,9,14H2,1-2H3,(H,22,24)/t20-/m1/s1. The predicted molar refractivity (Wildman–Crippen MR) is 101 cm³/mol. The van der Waals surface area contributed by atoms with Crippen molar-refractivity contribution in [2.75, 3.05) is 19.0 Å². The maximum Gasteiger partial charge on any atom is 0.322 e. The number of rotatable bonds is 3. The summed E-state index contributed by atoms with van der Waals surface area (Å²) in [4.78, 5) is 14.9. The predicted octanol–water partition coefficient (Wildman–Crippen LogP) is 5.15. The molecule has 4 heteroatoms. The van der Waals surface area contributed by atoms with Gasteiger partial charge in [-0.15, -0.1) is 0 Å². The lowest BCUT2D eigenvalue weighted by molar-refractivity contribution is 0.189. The van der Waals surface area contributed by atoms with Gasteiger partial charge in [0.25, 0.3) is 0 Å². The number of nitrogens with zero attached hydrogens (tertiary/aromatic N) is 1. The van der Waals surface area contributed by atoms with Crippen molar-refractivity contribution in [2.45, 2.75) is 38.6 Å². The maximum atomic E-state index is 12.9. The molecule has 2 amide bonds. The van der Waals surface area contributed by atoms with Gasteiger partial charge in [-0.2, -0.15) is 0 Å². The number of anilines is 1. The van der Waals surface area contributed by atoms with Gasteiger partial charge in [0.2, 0.25) is 0 Å². The Morgan fingerprint density at radius 1 is 1.12 bits per heavy atom. The van der Waals surface area contributed by atoms with Crippen LogP contribution in [0.1, 0.15) is 42.9 Å². The molecule has 0 radical (unpaired) electrons. The minimum Gasteiger partial charge on any atom is -0.497 e. The van der Waals surface area contributed by atoms with Gasteiger partial charge in [0.15, 0.2) is 0 Å². The van der Waals surface area contributed by atoms with Crippen molar-refractivity contribution >= 4 is 11.7 Å².